The minimum Gasteiger partial charge on any atom is -0.145 e. The molecular formula is C12H7B3S5. The molecular weight excluding hydrogens is 337 g/mol. The molecule has 2 aromatic carbocycles. The van der Waals surface area contributed by atoms with E-state index in [2.05, 4.69) is 63.1 Å². The van der Waals surface area contributed by atoms with Crippen LogP contribution in [0.2, 0.25) is 0 Å². The van der Waals surface area contributed by atoms with Crippen molar-refractivity contribution in [1.29, 1.82) is 0 Å². The van der Waals surface area contributed by atoms with Gasteiger partial charge >= 0.3 is 0 Å². The number of hydrogen-bond acceptors (Lipinski definition) is 5. The number of rotatable bonds is 1. The summed E-state index contributed by atoms with van der Waals surface area (Å²) in [6.45, 7) is 0. The van der Waals surface area contributed by atoms with Gasteiger partial charge in [-0.3, -0.25) is 0 Å². The lowest BCUT2D eigenvalue weighted by Gasteiger charge is -2.20. The summed E-state index contributed by atoms with van der Waals surface area (Å²) in [5.41, 5.74) is 2.48. The van der Waals surface area contributed by atoms with Crippen LogP contribution in [0.4, 0.5) is 0 Å². The summed E-state index contributed by atoms with van der Waals surface area (Å²) >= 11 is 22.0. The van der Waals surface area contributed by atoms with Gasteiger partial charge < -0.3 is 0 Å². The smallest absolute Gasteiger partial charge is 0.116 e. The van der Waals surface area contributed by atoms with Crippen molar-refractivity contribution in [2.24, 2.45) is 0 Å². The van der Waals surface area contributed by atoms with Crippen molar-refractivity contribution in [3.8, 4) is 11.1 Å². The van der Waals surface area contributed by atoms with E-state index in [0.717, 1.165) is 0 Å². The SMILES string of the molecule is [B]c1cc([B])c(-c2c(S)c(S)cc(S)c2S)c([B])c1S. The van der Waals surface area contributed by atoms with Gasteiger partial charge in [-0.2, -0.15) is 0 Å². The molecule has 0 aromatic heterocycles. The second-order valence-electron chi connectivity index (χ2n) is 4.18. The van der Waals surface area contributed by atoms with E-state index in [0.29, 0.717) is 52.0 Å². The third kappa shape index (κ3) is 2.82. The van der Waals surface area contributed by atoms with Gasteiger partial charge in [0.05, 0.1) is 0 Å². The molecule has 0 heterocycles. The fraction of sp³-hybridized carbons (Fsp3) is 0. The van der Waals surface area contributed by atoms with E-state index in [4.69, 9.17) is 23.5 Å². The minimum absolute atomic E-state index is 0.378. The molecule has 0 nitrogen and oxygen atoms in total. The van der Waals surface area contributed by atoms with Crippen LogP contribution in [-0.2, 0) is 0 Å². The first-order valence-corrected chi connectivity index (χ1v) is 7.62. The van der Waals surface area contributed by atoms with Gasteiger partial charge in [-0.1, -0.05) is 22.5 Å². The average Bonchev–Trinajstić information content (AvgIpc) is 2.38. The summed E-state index contributed by atoms with van der Waals surface area (Å²) in [7, 11) is 17.9. The predicted octanol–water partition coefficient (Wildman–Crippen LogP) is 1.18. The Morgan fingerprint density at radius 3 is 1.60 bits per heavy atom. The first-order valence-electron chi connectivity index (χ1n) is 5.39. The van der Waals surface area contributed by atoms with Crippen LogP contribution in [0.3, 0.4) is 0 Å². The predicted molar refractivity (Wildman–Crippen MR) is 104 cm³/mol. The van der Waals surface area contributed by atoms with Crippen LogP contribution in [0.15, 0.2) is 36.6 Å². The van der Waals surface area contributed by atoms with Crippen LogP contribution >= 0.6 is 63.1 Å². The van der Waals surface area contributed by atoms with Crippen LogP contribution in [-0.4, -0.2) is 23.5 Å². The Labute approximate surface area is 150 Å². The zero-order chi connectivity index (χ0) is 15.2. The maximum Gasteiger partial charge on any atom is 0.116 e. The second-order valence-corrected chi connectivity index (χ2v) is 6.48. The summed E-state index contributed by atoms with van der Waals surface area (Å²) in [6, 6.07) is 3.36. The zero-order valence-corrected chi connectivity index (χ0v) is 14.6. The molecule has 0 amide bonds. The fourth-order valence-electron chi connectivity index (χ4n) is 1.89. The fourth-order valence-corrected chi connectivity index (χ4v) is 3.31. The molecule has 0 unspecified atom stereocenters. The van der Waals surface area contributed by atoms with E-state index in [1.54, 1.807) is 12.1 Å². The van der Waals surface area contributed by atoms with Crippen LogP contribution in [0.1, 0.15) is 0 Å². The quantitative estimate of drug-likeness (QED) is 0.373. The molecule has 94 valence electrons. The second kappa shape index (κ2) is 6.25. The van der Waals surface area contributed by atoms with E-state index in [1.165, 1.54) is 0 Å². The maximum absolute atomic E-state index is 6.10. The molecule has 0 aliphatic rings. The highest BCUT2D eigenvalue weighted by molar-refractivity contribution is 7.85. The van der Waals surface area contributed by atoms with Crippen molar-refractivity contribution >= 4 is 103 Å². The lowest BCUT2D eigenvalue weighted by molar-refractivity contribution is 1.12. The van der Waals surface area contributed by atoms with Crippen molar-refractivity contribution in [3.63, 3.8) is 0 Å². The molecule has 6 radical (unpaired) electrons. The summed E-state index contributed by atoms with van der Waals surface area (Å²) in [5, 5.41) is 0. The van der Waals surface area contributed by atoms with Crippen molar-refractivity contribution in [3.05, 3.63) is 12.1 Å². The van der Waals surface area contributed by atoms with Crippen molar-refractivity contribution < 1.29 is 0 Å². The van der Waals surface area contributed by atoms with E-state index < -0.39 is 0 Å². The molecule has 0 fully saturated rings. The van der Waals surface area contributed by atoms with E-state index in [1.807, 2.05) is 0 Å². The third-order valence-electron chi connectivity index (χ3n) is 2.88. The first-order chi connectivity index (χ1) is 9.25. The van der Waals surface area contributed by atoms with Gasteiger partial charge in [-0.25, -0.2) is 0 Å². The minimum atomic E-state index is 0.378. The largest absolute Gasteiger partial charge is 0.145 e. The summed E-state index contributed by atoms with van der Waals surface area (Å²) in [5.74, 6) is 0. The van der Waals surface area contributed by atoms with Gasteiger partial charge in [-0.15, -0.1) is 63.1 Å². The molecule has 0 spiro atoms. The molecule has 20 heavy (non-hydrogen) atoms. The standard InChI is InChI=1S/C12H7B3S5/c13-3-1-4(14)10(18)9(15)7(3)8-11(19)5(16)2-6(17)12(8)20/h1-2,16-20H. The van der Waals surface area contributed by atoms with Gasteiger partial charge in [0.2, 0.25) is 0 Å². The topological polar surface area (TPSA) is 0 Å². The van der Waals surface area contributed by atoms with Gasteiger partial charge in [-0.05, 0) is 16.5 Å². The van der Waals surface area contributed by atoms with Crippen LogP contribution < -0.4 is 16.4 Å². The van der Waals surface area contributed by atoms with Crippen LogP contribution in [0, 0.1) is 0 Å². The van der Waals surface area contributed by atoms with Gasteiger partial charge in [0, 0.05) is 25.1 Å². The molecule has 0 N–H and O–H groups in total. The molecule has 0 atom stereocenters. The Morgan fingerprint density at radius 1 is 0.600 bits per heavy atom. The lowest BCUT2D eigenvalue weighted by Crippen LogP contribution is -2.29. The third-order valence-corrected chi connectivity index (χ3v) is 5.37. The summed E-state index contributed by atoms with van der Waals surface area (Å²) < 4.78 is 0. The first kappa shape index (κ1) is 16.8. The normalized spacial score (nSPS) is 10.8. The molecule has 0 saturated heterocycles. The van der Waals surface area contributed by atoms with Crippen LogP contribution in [0.25, 0.3) is 11.1 Å². The highest BCUT2D eigenvalue weighted by Gasteiger charge is 2.17. The van der Waals surface area contributed by atoms with Gasteiger partial charge in [0.15, 0.2) is 0 Å². The van der Waals surface area contributed by atoms with E-state index >= 15 is 0 Å². The highest BCUT2D eigenvalue weighted by Crippen LogP contribution is 2.38. The highest BCUT2D eigenvalue weighted by atomic mass is 32.1. The summed E-state index contributed by atoms with van der Waals surface area (Å²) in [6.07, 6.45) is 0. The molecule has 0 saturated carbocycles. The summed E-state index contributed by atoms with van der Waals surface area (Å²) in [4.78, 5) is 3.02. The van der Waals surface area contributed by atoms with Gasteiger partial charge in [0.1, 0.15) is 23.5 Å². The van der Waals surface area contributed by atoms with Crippen molar-refractivity contribution in [2.45, 2.75) is 24.5 Å². The number of hydrogen-bond donors (Lipinski definition) is 5. The molecule has 0 aliphatic heterocycles. The maximum atomic E-state index is 6.10. The lowest BCUT2D eigenvalue weighted by atomic mass is 9.74. The Morgan fingerprint density at radius 2 is 1.10 bits per heavy atom. The van der Waals surface area contributed by atoms with Gasteiger partial charge in [0.25, 0.3) is 0 Å². The number of benzene rings is 2. The Balaban J connectivity index is 2.93. The Kier molecular flexibility index (Phi) is 5.23. The van der Waals surface area contributed by atoms with E-state index in [-0.39, 0.29) is 0 Å². The molecule has 8 heteroatoms. The average molecular weight is 344 g/mol. The Bertz CT molecular complexity index is 689. The van der Waals surface area contributed by atoms with Crippen LogP contribution in [0.5, 0.6) is 0 Å². The van der Waals surface area contributed by atoms with Crippen molar-refractivity contribution in [2.75, 3.05) is 0 Å². The zero-order valence-electron chi connectivity index (χ0n) is 10.1. The molecule has 0 bridgehead atoms. The number of thiol groups is 5. The molecule has 2 aromatic rings. The molecule has 0 aliphatic carbocycles. The Hall–Kier alpha value is 0.385. The molecule has 2 rings (SSSR count). The van der Waals surface area contributed by atoms with E-state index in [9.17, 15) is 0 Å². The van der Waals surface area contributed by atoms with Crippen molar-refractivity contribution in [1.82, 2.24) is 0 Å². The monoisotopic (exact) mass is 344 g/mol.